The van der Waals surface area contributed by atoms with E-state index in [-0.39, 0.29) is 5.70 Å². The summed E-state index contributed by atoms with van der Waals surface area (Å²) in [6, 6.07) is 0. The van der Waals surface area contributed by atoms with Crippen LogP contribution in [0.25, 0.3) is 0 Å². The molecule has 56 valence electrons. The first-order chi connectivity index (χ1) is 5.30. The third-order valence-electron chi connectivity index (χ3n) is 1.05. The molecule has 11 heavy (non-hydrogen) atoms. The Kier molecular flexibility index (Phi) is 2.32. The van der Waals surface area contributed by atoms with Crippen molar-refractivity contribution < 1.29 is 4.79 Å². The van der Waals surface area contributed by atoms with E-state index in [1.165, 1.54) is 12.4 Å². The van der Waals surface area contributed by atoms with Crippen molar-refractivity contribution >= 4 is 18.5 Å². The minimum absolute atomic E-state index is 0.207. The molecule has 0 aromatic rings. The van der Waals surface area contributed by atoms with Crippen LogP contribution >= 0.6 is 0 Å². The molecule has 2 N–H and O–H groups in total. The Morgan fingerprint density at radius 3 is 3.00 bits per heavy atom. The molecule has 0 aliphatic carbocycles. The third-order valence-corrected chi connectivity index (χ3v) is 1.05. The van der Waals surface area contributed by atoms with Gasteiger partial charge in [-0.25, -0.2) is 9.98 Å². The molecule has 0 unspecified atom stereocenters. The van der Waals surface area contributed by atoms with E-state index in [0.29, 0.717) is 0 Å². The molecule has 4 nitrogen and oxygen atoms in total. The van der Waals surface area contributed by atoms with Crippen molar-refractivity contribution in [1.29, 1.82) is 0 Å². The van der Waals surface area contributed by atoms with Gasteiger partial charge < -0.3 is 5.73 Å². The Morgan fingerprint density at radius 2 is 2.27 bits per heavy atom. The molecule has 0 spiro atoms. The summed E-state index contributed by atoms with van der Waals surface area (Å²) in [6.45, 7) is 0. The van der Waals surface area contributed by atoms with E-state index in [9.17, 15) is 4.79 Å². The number of hydrogen-bond acceptors (Lipinski definition) is 3. The molecule has 0 radical (unpaired) electrons. The molecule has 1 aliphatic rings. The minimum atomic E-state index is -0.553. The number of primary amides is 1. The van der Waals surface area contributed by atoms with Gasteiger partial charge in [0.1, 0.15) is 12.0 Å². The molecular weight excluding hydrogens is 142 g/mol. The van der Waals surface area contributed by atoms with Crippen LogP contribution in [0.15, 0.2) is 33.9 Å². The maximum Gasteiger partial charge on any atom is 0.267 e. The van der Waals surface area contributed by atoms with Crippen LogP contribution in [0.2, 0.25) is 0 Å². The highest BCUT2D eigenvalue weighted by molar-refractivity contribution is 5.94. The lowest BCUT2D eigenvalue weighted by atomic mass is 10.3. The monoisotopic (exact) mass is 149 g/mol. The number of hydrogen-bond donors (Lipinski definition) is 1. The highest BCUT2D eigenvalue weighted by atomic mass is 16.1. The van der Waals surface area contributed by atoms with Gasteiger partial charge in [-0.2, -0.15) is 0 Å². The number of nitrogens with zero attached hydrogens (tertiary/aromatic N) is 2. The van der Waals surface area contributed by atoms with Gasteiger partial charge in [-0.05, 0) is 12.2 Å². The van der Waals surface area contributed by atoms with E-state index in [1.807, 2.05) is 0 Å². The Bertz CT molecular complexity index is 273. The molecule has 0 fully saturated rings. The van der Waals surface area contributed by atoms with Crippen LogP contribution < -0.4 is 5.73 Å². The van der Waals surface area contributed by atoms with Gasteiger partial charge in [0.2, 0.25) is 0 Å². The maximum atomic E-state index is 10.6. The molecule has 0 aromatic heterocycles. The first kappa shape index (κ1) is 7.40. The quantitative estimate of drug-likeness (QED) is 0.561. The Labute approximate surface area is 63.8 Å². The predicted octanol–water partition coefficient (Wildman–Crippen LogP) is 0.0245. The van der Waals surface area contributed by atoms with Crippen LogP contribution in [-0.2, 0) is 4.79 Å². The molecule has 0 aromatic carbocycles. The van der Waals surface area contributed by atoms with Crippen LogP contribution in [0.3, 0.4) is 0 Å². The molecule has 1 rings (SSSR count). The number of carbonyl (C=O) groups excluding carboxylic acids is 1. The lowest BCUT2D eigenvalue weighted by Gasteiger charge is -1.92. The van der Waals surface area contributed by atoms with Crippen LogP contribution in [0, 0.1) is 0 Å². The van der Waals surface area contributed by atoms with Crippen molar-refractivity contribution in [3.05, 3.63) is 23.9 Å². The van der Waals surface area contributed by atoms with Crippen LogP contribution in [0.4, 0.5) is 0 Å². The third kappa shape index (κ3) is 2.17. The summed E-state index contributed by atoms with van der Waals surface area (Å²) in [5.74, 6) is -0.553. The first-order valence-electron chi connectivity index (χ1n) is 3.03. The number of allylic oxidation sites excluding steroid dienone is 3. The summed E-state index contributed by atoms with van der Waals surface area (Å²) >= 11 is 0. The van der Waals surface area contributed by atoms with Crippen molar-refractivity contribution in [2.45, 2.75) is 0 Å². The van der Waals surface area contributed by atoms with Crippen molar-refractivity contribution in [1.82, 2.24) is 0 Å². The van der Waals surface area contributed by atoms with Gasteiger partial charge in [0.25, 0.3) is 5.91 Å². The molecule has 0 bridgehead atoms. The largest absolute Gasteiger partial charge is 0.364 e. The van der Waals surface area contributed by atoms with Gasteiger partial charge in [0, 0.05) is 6.21 Å². The second-order valence-electron chi connectivity index (χ2n) is 1.84. The maximum absolute atomic E-state index is 10.6. The lowest BCUT2D eigenvalue weighted by Crippen LogP contribution is -2.12. The number of amides is 1. The van der Waals surface area contributed by atoms with Gasteiger partial charge in [0.05, 0.1) is 0 Å². The van der Waals surface area contributed by atoms with Crippen LogP contribution in [0.5, 0.6) is 0 Å². The van der Waals surface area contributed by atoms with Crippen molar-refractivity contribution in [3.63, 3.8) is 0 Å². The van der Waals surface area contributed by atoms with E-state index in [1.54, 1.807) is 18.4 Å². The number of carbonyl (C=O) groups is 1. The number of nitrogens with two attached hydrogens (primary N) is 1. The molecule has 1 amide bonds. The second kappa shape index (κ2) is 3.46. The summed E-state index contributed by atoms with van der Waals surface area (Å²) in [4.78, 5) is 18.0. The summed E-state index contributed by atoms with van der Waals surface area (Å²) in [5.41, 5.74) is 5.19. The minimum Gasteiger partial charge on any atom is -0.364 e. The zero-order valence-corrected chi connectivity index (χ0v) is 5.77. The topological polar surface area (TPSA) is 67.8 Å². The summed E-state index contributed by atoms with van der Waals surface area (Å²) in [5, 5.41) is 0. The van der Waals surface area contributed by atoms with E-state index in [0.717, 1.165) is 0 Å². The zero-order valence-electron chi connectivity index (χ0n) is 5.77. The van der Waals surface area contributed by atoms with Crippen LogP contribution in [-0.4, -0.2) is 18.5 Å². The second-order valence-corrected chi connectivity index (χ2v) is 1.84. The Hall–Kier alpha value is -1.71. The Balaban J connectivity index is 2.87. The fourth-order valence-corrected chi connectivity index (χ4v) is 0.569. The normalized spacial score (nSPS) is 15.5. The highest BCUT2D eigenvalue weighted by Crippen LogP contribution is 1.96. The lowest BCUT2D eigenvalue weighted by molar-refractivity contribution is -0.114. The van der Waals surface area contributed by atoms with Crippen molar-refractivity contribution in [2.75, 3.05) is 0 Å². The Morgan fingerprint density at radius 1 is 1.45 bits per heavy atom. The smallest absolute Gasteiger partial charge is 0.267 e. The first-order valence-corrected chi connectivity index (χ1v) is 3.03. The van der Waals surface area contributed by atoms with E-state index < -0.39 is 5.91 Å². The molecule has 4 heteroatoms. The fraction of sp³-hybridized carbons (Fsp3) is 0. The van der Waals surface area contributed by atoms with E-state index in [4.69, 9.17) is 5.73 Å². The van der Waals surface area contributed by atoms with Gasteiger partial charge in [-0.3, -0.25) is 4.79 Å². The zero-order chi connectivity index (χ0) is 8.10. The molecule has 1 aliphatic heterocycles. The molecule has 0 saturated heterocycles. The average molecular weight is 149 g/mol. The van der Waals surface area contributed by atoms with Gasteiger partial charge in [-0.1, -0.05) is 6.08 Å². The van der Waals surface area contributed by atoms with Gasteiger partial charge >= 0.3 is 0 Å². The number of rotatable bonds is 1. The number of aliphatic imine (C=N–C) groups is 2. The molecule has 0 saturated carbocycles. The average Bonchev–Trinajstić information content (AvgIpc) is 1.84. The van der Waals surface area contributed by atoms with E-state index >= 15 is 0 Å². The molecule has 0 atom stereocenters. The standard InChI is InChI=1S/C7H7N3O/c8-7(11)6-3-1-2-4-9-5-10-6/h1-5H,(H2,8,11). The molecule has 1 heterocycles. The fourth-order valence-electron chi connectivity index (χ4n) is 0.569. The predicted molar refractivity (Wildman–Crippen MR) is 43.4 cm³/mol. The summed E-state index contributed by atoms with van der Waals surface area (Å²) < 4.78 is 0. The van der Waals surface area contributed by atoms with Gasteiger partial charge in [0.15, 0.2) is 0 Å². The summed E-state index contributed by atoms with van der Waals surface area (Å²) in [6.07, 6.45) is 7.72. The van der Waals surface area contributed by atoms with Crippen molar-refractivity contribution in [3.8, 4) is 0 Å². The van der Waals surface area contributed by atoms with Crippen molar-refractivity contribution in [2.24, 2.45) is 15.7 Å². The van der Waals surface area contributed by atoms with E-state index in [2.05, 4.69) is 9.98 Å². The van der Waals surface area contributed by atoms with Gasteiger partial charge in [-0.15, -0.1) is 0 Å². The highest BCUT2D eigenvalue weighted by Gasteiger charge is 1.99. The summed E-state index contributed by atoms with van der Waals surface area (Å²) in [7, 11) is 0. The van der Waals surface area contributed by atoms with Crippen LogP contribution in [0.1, 0.15) is 0 Å². The molecular formula is C7H7N3O. The SMILES string of the molecule is NC(=O)C1=CC=CC=NC=N1.